The first-order valence-corrected chi connectivity index (χ1v) is 9.56. The number of anilines is 1. The minimum absolute atomic E-state index is 0.0275. The summed E-state index contributed by atoms with van der Waals surface area (Å²) in [4.78, 5) is 22.9. The van der Waals surface area contributed by atoms with Gasteiger partial charge in [-0.05, 0) is 49.2 Å². The van der Waals surface area contributed by atoms with Gasteiger partial charge in [-0.2, -0.15) is 0 Å². The number of hydrogen-bond acceptors (Lipinski definition) is 5. The van der Waals surface area contributed by atoms with E-state index < -0.39 is 20.9 Å². The molecule has 0 saturated carbocycles. The van der Waals surface area contributed by atoms with Crippen molar-refractivity contribution in [2.45, 2.75) is 18.7 Å². The third kappa shape index (κ3) is 4.26. The number of sulfonamides is 1. The SMILES string of the molecule is Cc1cc(C(=O)Nc2ccc(Cl)c([N+](=O)[O-])c2)cc(S(=O)(=O)N(C)C)c1C. The van der Waals surface area contributed by atoms with Crippen molar-refractivity contribution >= 4 is 38.9 Å². The lowest BCUT2D eigenvalue weighted by Crippen LogP contribution is -2.24. The lowest BCUT2D eigenvalue weighted by atomic mass is 10.1. The number of carbonyl (C=O) groups is 1. The summed E-state index contributed by atoms with van der Waals surface area (Å²) in [6.07, 6.45) is 0. The van der Waals surface area contributed by atoms with Crippen LogP contribution in [-0.4, -0.2) is 37.6 Å². The van der Waals surface area contributed by atoms with Crippen LogP contribution in [0, 0.1) is 24.0 Å². The molecule has 0 aliphatic rings. The second-order valence-electron chi connectivity index (χ2n) is 6.08. The molecule has 2 rings (SSSR count). The molecule has 1 N–H and O–H groups in total. The van der Waals surface area contributed by atoms with Gasteiger partial charge in [0.15, 0.2) is 0 Å². The van der Waals surface area contributed by atoms with Crippen LogP contribution < -0.4 is 5.32 Å². The van der Waals surface area contributed by atoms with Crippen molar-refractivity contribution in [3.8, 4) is 0 Å². The van der Waals surface area contributed by atoms with Crippen LogP contribution in [0.3, 0.4) is 0 Å². The molecule has 0 spiro atoms. The standard InChI is InChI=1S/C17H18ClN3O5S/c1-10-7-12(8-16(11(10)2)27(25,26)20(3)4)17(22)19-13-5-6-14(18)15(9-13)21(23)24/h5-9H,1-4H3,(H,19,22). The molecule has 0 bridgehead atoms. The molecular weight excluding hydrogens is 394 g/mol. The van der Waals surface area contributed by atoms with E-state index in [1.807, 2.05) is 0 Å². The Morgan fingerprint density at radius 1 is 1.19 bits per heavy atom. The first-order valence-electron chi connectivity index (χ1n) is 7.74. The van der Waals surface area contributed by atoms with Crippen LogP contribution in [0.1, 0.15) is 21.5 Å². The molecule has 0 aliphatic heterocycles. The highest BCUT2D eigenvalue weighted by Crippen LogP contribution is 2.28. The monoisotopic (exact) mass is 411 g/mol. The van der Waals surface area contributed by atoms with Crippen molar-refractivity contribution in [1.82, 2.24) is 4.31 Å². The third-order valence-corrected chi connectivity index (χ3v) is 6.30. The molecule has 0 fully saturated rings. The molecule has 8 nitrogen and oxygen atoms in total. The van der Waals surface area contributed by atoms with E-state index in [0.717, 1.165) is 10.4 Å². The van der Waals surface area contributed by atoms with E-state index in [1.54, 1.807) is 19.9 Å². The number of amides is 1. The van der Waals surface area contributed by atoms with E-state index in [1.165, 1.54) is 32.3 Å². The summed E-state index contributed by atoms with van der Waals surface area (Å²) in [7, 11) is -0.923. The number of nitro groups is 1. The van der Waals surface area contributed by atoms with Gasteiger partial charge in [0.05, 0.1) is 9.82 Å². The molecule has 144 valence electrons. The first-order chi connectivity index (χ1) is 12.4. The second kappa shape index (κ2) is 7.63. The Balaban J connectivity index is 2.45. The van der Waals surface area contributed by atoms with E-state index in [2.05, 4.69) is 5.32 Å². The van der Waals surface area contributed by atoms with Gasteiger partial charge in [-0.25, -0.2) is 12.7 Å². The average molecular weight is 412 g/mol. The van der Waals surface area contributed by atoms with E-state index in [0.29, 0.717) is 11.1 Å². The number of nitrogens with one attached hydrogen (secondary N) is 1. The highest BCUT2D eigenvalue weighted by Gasteiger charge is 2.23. The normalized spacial score (nSPS) is 11.5. The highest BCUT2D eigenvalue weighted by molar-refractivity contribution is 7.89. The van der Waals surface area contributed by atoms with Crippen molar-refractivity contribution in [2.24, 2.45) is 0 Å². The van der Waals surface area contributed by atoms with Crippen LogP contribution in [0.5, 0.6) is 0 Å². The van der Waals surface area contributed by atoms with Crippen molar-refractivity contribution < 1.29 is 18.1 Å². The van der Waals surface area contributed by atoms with Crippen LogP contribution in [0.15, 0.2) is 35.2 Å². The summed E-state index contributed by atoms with van der Waals surface area (Å²) in [6.45, 7) is 3.36. The molecular formula is C17H18ClN3O5S. The predicted molar refractivity (Wildman–Crippen MR) is 103 cm³/mol. The zero-order valence-electron chi connectivity index (χ0n) is 15.1. The smallest absolute Gasteiger partial charge is 0.289 e. The van der Waals surface area contributed by atoms with Gasteiger partial charge in [-0.1, -0.05) is 11.6 Å². The second-order valence-corrected chi connectivity index (χ2v) is 8.61. The number of hydrogen-bond donors (Lipinski definition) is 1. The summed E-state index contributed by atoms with van der Waals surface area (Å²) in [5.74, 6) is -0.593. The summed E-state index contributed by atoms with van der Waals surface area (Å²) in [5.41, 5.74) is 1.13. The van der Waals surface area contributed by atoms with Crippen LogP contribution >= 0.6 is 11.6 Å². The van der Waals surface area contributed by atoms with E-state index in [4.69, 9.17) is 11.6 Å². The molecule has 0 unspecified atom stereocenters. The fraction of sp³-hybridized carbons (Fsp3) is 0.235. The van der Waals surface area contributed by atoms with Gasteiger partial charge in [-0.15, -0.1) is 0 Å². The van der Waals surface area contributed by atoms with Gasteiger partial charge in [0, 0.05) is 31.4 Å². The molecule has 0 aromatic heterocycles. The van der Waals surface area contributed by atoms with Crippen LogP contribution in [0.25, 0.3) is 0 Å². The Bertz CT molecular complexity index is 1040. The van der Waals surface area contributed by atoms with E-state index >= 15 is 0 Å². The fourth-order valence-corrected chi connectivity index (χ4v) is 3.76. The number of aryl methyl sites for hydroxylation is 1. The average Bonchev–Trinajstić information content (AvgIpc) is 2.58. The third-order valence-electron chi connectivity index (χ3n) is 4.04. The van der Waals surface area contributed by atoms with Gasteiger partial charge in [0.2, 0.25) is 10.0 Å². The summed E-state index contributed by atoms with van der Waals surface area (Å²) < 4.78 is 26.1. The number of benzene rings is 2. The lowest BCUT2D eigenvalue weighted by molar-refractivity contribution is -0.384. The van der Waals surface area contributed by atoms with Crippen molar-refractivity contribution in [3.05, 3.63) is 62.2 Å². The van der Waals surface area contributed by atoms with Gasteiger partial charge < -0.3 is 5.32 Å². The maximum absolute atomic E-state index is 12.6. The zero-order valence-corrected chi connectivity index (χ0v) is 16.7. The van der Waals surface area contributed by atoms with Crippen LogP contribution in [-0.2, 0) is 10.0 Å². The maximum Gasteiger partial charge on any atom is 0.289 e. The minimum atomic E-state index is -3.74. The van der Waals surface area contributed by atoms with Gasteiger partial charge >= 0.3 is 0 Å². The molecule has 0 atom stereocenters. The van der Waals surface area contributed by atoms with Crippen LogP contribution in [0.2, 0.25) is 5.02 Å². The van der Waals surface area contributed by atoms with Crippen molar-refractivity contribution in [2.75, 3.05) is 19.4 Å². The topological polar surface area (TPSA) is 110 Å². The molecule has 2 aromatic carbocycles. The van der Waals surface area contributed by atoms with E-state index in [9.17, 15) is 23.3 Å². The first kappa shape index (κ1) is 20.8. The number of halogens is 1. The fourth-order valence-electron chi connectivity index (χ4n) is 2.36. The number of rotatable bonds is 5. The van der Waals surface area contributed by atoms with Gasteiger partial charge in [-0.3, -0.25) is 14.9 Å². The number of nitrogens with zero attached hydrogens (tertiary/aromatic N) is 2. The molecule has 0 radical (unpaired) electrons. The van der Waals surface area contributed by atoms with E-state index in [-0.39, 0.29) is 26.9 Å². The lowest BCUT2D eigenvalue weighted by Gasteiger charge is -2.16. The Morgan fingerprint density at radius 3 is 2.37 bits per heavy atom. The minimum Gasteiger partial charge on any atom is -0.322 e. The summed E-state index contributed by atoms with van der Waals surface area (Å²) in [6, 6.07) is 6.71. The Labute approximate surface area is 162 Å². The molecule has 1 amide bonds. The van der Waals surface area contributed by atoms with Crippen molar-refractivity contribution in [1.29, 1.82) is 0 Å². The molecule has 2 aromatic rings. The Kier molecular flexibility index (Phi) is 5.88. The molecule has 0 heterocycles. The largest absolute Gasteiger partial charge is 0.322 e. The highest BCUT2D eigenvalue weighted by atomic mass is 35.5. The predicted octanol–water partition coefficient (Wildman–Crippen LogP) is 3.37. The number of carbonyl (C=O) groups excluding carboxylic acids is 1. The zero-order chi connectivity index (χ0) is 20.5. The maximum atomic E-state index is 12.6. The quantitative estimate of drug-likeness (QED) is 0.599. The summed E-state index contributed by atoms with van der Waals surface area (Å²) in [5, 5.41) is 13.4. The van der Waals surface area contributed by atoms with Crippen LogP contribution in [0.4, 0.5) is 11.4 Å². The van der Waals surface area contributed by atoms with Crippen molar-refractivity contribution in [3.63, 3.8) is 0 Å². The summed E-state index contributed by atoms with van der Waals surface area (Å²) >= 11 is 5.76. The number of nitro benzene ring substituents is 1. The Morgan fingerprint density at radius 2 is 1.81 bits per heavy atom. The molecule has 10 heteroatoms. The van der Waals surface area contributed by atoms with Gasteiger partial charge in [0.25, 0.3) is 11.6 Å². The van der Waals surface area contributed by atoms with Gasteiger partial charge in [0.1, 0.15) is 5.02 Å². The molecule has 0 aliphatic carbocycles. The Hall–Kier alpha value is -2.49. The molecule has 0 saturated heterocycles. The molecule has 27 heavy (non-hydrogen) atoms.